The van der Waals surface area contributed by atoms with E-state index in [4.69, 9.17) is 18.9 Å². The fourth-order valence-corrected chi connectivity index (χ4v) is 5.69. The first-order valence-corrected chi connectivity index (χ1v) is 11.1. The monoisotopic (exact) mass is 452 g/mol. The van der Waals surface area contributed by atoms with Crippen molar-refractivity contribution in [3.8, 4) is 0 Å². The Balaban J connectivity index is 1.54. The first-order valence-electron chi connectivity index (χ1n) is 11.1. The summed E-state index contributed by atoms with van der Waals surface area (Å²) in [6, 6.07) is 0. The Morgan fingerprint density at radius 2 is 1.97 bits per heavy atom. The number of ether oxygens (including phenoxy) is 4. The summed E-state index contributed by atoms with van der Waals surface area (Å²) in [6.07, 6.45) is -2.82. The van der Waals surface area contributed by atoms with Crippen molar-refractivity contribution in [1.82, 2.24) is 0 Å². The number of hydrogen-bond donors (Lipinski definition) is 3. The average Bonchev–Trinajstić information content (AvgIpc) is 3.13. The molecule has 178 valence electrons. The van der Waals surface area contributed by atoms with Gasteiger partial charge in [0.2, 0.25) is 0 Å². The van der Waals surface area contributed by atoms with Gasteiger partial charge in [0.05, 0.1) is 5.60 Å². The normalized spacial score (nSPS) is 46.1. The molecule has 0 aromatic rings. The molecule has 9 heteroatoms. The molecule has 0 aromatic heterocycles. The quantitative estimate of drug-likeness (QED) is 0.319. The largest absolute Gasteiger partial charge is 0.463 e. The highest BCUT2D eigenvalue weighted by Gasteiger charge is 2.55. The Morgan fingerprint density at radius 1 is 1.25 bits per heavy atom. The standard InChI is InChI=1S/C23H32O9/c1-10-7-16-14(11(2)21(28)30-16)8-15-13(10)5-6-23(15,4)32-22-20(27)19(26)18(25)17(31-22)9-29-12(3)24/h7,13-20,22,25-27H,2,5-6,8-9H2,1,3-4H3. The van der Waals surface area contributed by atoms with Crippen LogP contribution < -0.4 is 0 Å². The van der Waals surface area contributed by atoms with E-state index in [0.717, 1.165) is 12.0 Å². The summed E-state index contributed by atoms with van der Waals surface area (Å²) in [4.78, 5) is 23.2. The summed E-state index contributed by atoms with van der Waals surface area (Å²) in [7, 11) is 0. The Bertz CT molecular complexity index is 822. The van der Waals surface area contributed by atoms with Crippen LogP contribution in [0.15, 0.2) is 23.8 Å². The predicted octanol–water partition coefficient (Wildman–Crippen LogP) is 0.606. The van der Waals surface area contributed by atoms with E-state index >= 15 is 0 Å². The Hall–Kier alpha value is -1.78. The lowest BCUT2D eigenvalue weighted by Gasteiger charge is -2.45. The summed E-state index contributed by atoms with van der Waals surface area (Å²) >= 11 is 0. The van der Waals surface area contributed by atoms with Gasteiger partial charge in [-0.2, -0.15) is 0 Å². The van der Waals surface area contributed by atoms with Crippen LogP contribution in [0.1, 0.15) is 40.0 Å². The Morgan fingerprint density at radius 3 is 2.66 bits per heavy atom. The molecule has 9 nitrogen and oxygen atoms in total. The molecule has 1 saturated carbocycles. The lowest BCUT2D eigenvalue weighted by Crippen LogP contribution is -2.61. The van der Waals surface area contributed by atoms with Crippen LogP contribution >= 0.6 is 0 Å². The van der Waals surface area contributed by atoms with E-state index < -0.39 is 42.3 Å². The summed E-state index contributed by atoms with van der Waals surface area (Å²) in [5, 5.41) is 31.1. The molecule has 2 aliphatic carbocycles. The topological polar surface area (TPSA) is 132 Å². The molecule has 2 aliphatic heterocycles. The lowest BCUT2D eigenvalue weighted by molar-refractivity contribution is -0.329. The first-order chi connectivity index (χ1) is 15.0. The van der Waals surface area contributed by atoms with Gasteiger partial charge in [-0.3, -0.25) is 4.79 Å². The maximum atomic E-state index is 12.1. The number of aliphatic hydroxyl groups excluding tert-OH is 3. The molecule has 3 N–H and O–H groups in total. The molecule has 4 aliphatic rings. The lowest BCUT2D eigenvalue weighted by atomic mass is 9.78. The zero-order chi connectivity index (χ0) is 23.4. The summed E-state index contributed by atoms with van der Waals surface area (Å²) in [5.41, 5.74) is 0.869. The van der Waals surface area contributed by atoms with Crippen LogP contribution in [-0.4, -0.2) is 76.3 Å². The van der Waals surface area contributed by atoms with Gasteiger partial charge in [0, 0.05) is 18.4 Å². The van der Waals surface area contributed by atoms with Crippen molar-refractivity contribution in [2.24, 2.45) is 17.8 Å². The average molecular weight is 453 g/mol. The minimum Gasteiger partial charge on any atom is -0.463 e. The molecular weight excluding hydrogens is 420 g/mol. The zero-order valence-corrected chi connectivity index (χ0v) is 18.6. The second-order valence-electron chi connectivity index (χ2n) is 9.65. The predicted molar refractivity (Wildman–Crippen MR) is 110 cm³/mol. The van der Waals surface area contributed by atoms with Crippen molar-refractivity contribution >= 4 is 11.9 Å². The summed E-state index contributed by atoms with van der Waals surface area (Å²) < 4.78 is 22.5. The first kappa shape index (κ1) is 23.4. The van der Waals surface area contributed by atoms with E-state index in [2.05, 4.69) is 6.58 Å². The number of hydrogen-bond acceptors (Lipinski definition) is 9. The van der Waals surface area contributed by atoms with E-state index in [0.29, 0.717) is 18.4 Å². The van der Waals surface area contributed by atoms with Crippen LogP contribution in [0.3, 0.4) is 0 Å². The second kappa shape index (κ2) is 8.53. The molecule has 0 aromatic carbocycles. The van der Waals surface area contributed by atoms with Gasteiger partial charge in [0.25, 0.3) is 0 Å². The van der Waals surface area contributed by atoms with Crippen LogP contribution in [-0.2, 0) is 28.5 Å². The third-order valence-electron chi connectivity index (χ3n) is 7.60. The highest BCUT2D eigenvalue weighted by molar-refractivity contribution is 5.91. The minimum atomic E-state index is -1.52. The smallest absolute Gasteiger partial charge is 0.334 e. The number of allylic oxidation sites excluding steroid dienone is 1. The highest BCUT2D eigenvalue weighted by Crippen LogP contribution is 2.53. The number of aliphatic hydroxyl groups is 3. The van der Waals surface area contributed by atoms with E-state index in [1.54, 1.807) is 0 Å². The highest BCUT2D eigenvalue weighted by atomic mass is 16.7. The number of rotatable bonds is 4. The van der Waals surface area contributed by atoms with Crippen molar-refractivity contribution in [3.63, 3.8) is 0 Å². The molecule has 3 fully saturated rings. The van der Waals surface area contributed by atoms with Crippen molar-refractivity contribution in [3.05, 3.63) is 23.8 Å². The van der Waals surface area contributed by atoms with E-state index in [9.17, 15) is 24.9 Å². The molecule has 0 spiro atoms. The number of esters is 2. The van der Waals surface area contributed by atoms with Crippen LogP contribution in [0, 0.1) is 17.8 Å². The van der Waals surface area contributed by atoms with Gasteiger partial charge in [0.1, 0.15) is 37.1 Å². The fourth-order valence-electron chi connectivity index (χ4n) is 5.69. The van der Waals surface area contributed by atoms with Crippen LogP contribution in [0.2, 0.25) is 0 Å². The van der Waals surface area contributed by atoms with Crippen molar-refractivity contribution in [1.29, 1.82) is 0 Å². The van der Waals surface area contributed by atoms with Gasteiger partial charge in [-0.1, -0.05) is 12.2 Å². The van der Waals surface area contributed by atoms with Gasteiger partial charge in [-0.15, -0.1) is 0 Å². The van der Waals surface area contributed by atoms with Crippen LogP contribution in [0.4, 0.5) is 0 Å². The van der Waals surface area contributed by atoms with Gasteiger partial charge >= 0.3 is 11.9 Å². The third-order valence-corrected chi connectivity index (χ3v) is 7.60. The van der Waals surface area contributed by atoms with E-state index in [1.807, 2.05) is 19.9 Å². The number of carbonyl (C=O) groups excluding carboxylic acids is 2. The molecule has 0 amide bonds. The van der Waals surface area contributed by atoms with Crippen LogP contribution in [0.25, 0.3) is 0 Å². The molecule has 4 rings (SSSR count). The second-order valence-corrected chi connectivity index (χ2v) is 9.65. The Labute approximate surface area is 187 Å². The number of fused-ring (bicyclic) bond motifs is 2. The van der Waals surface area contributed by atoms with Gasteiger partial charge in [0.15, 0.2) is 6.29 Å². The van der Waals surface area contributed by atoms with Crippen molar-refractivity contribution in [2.75, 3.05) is 6.61 Å². The molecule has 0 radical (unpaired) electrons. The molecule has 10 atom stereocenters. The van der Waals surface area contributed by atoms with Gasteiger partial charge < -0.3 is 34.3 Å². The Kier molecular flexibility index (Phi) is 6.23. The third kappa shape index (κ3) is 4.01. The molecular formula is C23H32O9. The fraction of sp³-hybridized carbons (Fsp3) is 0.739. The maximum absolute atomic E-state index is 12.1. The van der Waals surface area contributed by atoms with Crippen LogP contribution in [0.5, 0.6) is 0 Å². The molecule has 32 heavy (non-hydrogen) atoms. The van der Waals surface area contributed by atoms with Crippen molar-refractivity contribution in [2.45, 2.75) is 82.4 Å². The van der Waals surface area contributed by atoms with Gasteiger partial charge in [-0.05, 0) is 51.0 Å². The minimum absolute atomic E-state index is 0.00622. The molecule has 10 unspecified atom stereocenters. The van der Waals surface area contributed by atoms with Gasteiger partial charge in [-0.25, -0.2) is 4.79 Å². The molecule has 0 bridgehead atoms. The summed E-state index contributed by atoms with van der Waals surface area (Å²) in [5.74, 6) is -0.848. The number of carbonyl (C=O) groups is 2. The zero-order valence-electron chi connectivity index (χ0n) is 18.6. The van der Waals surface area contributed by atoms with Crippen molar-refractivity contribution < 1.29 is 43.9 Å². The maximum Gasteiger partial charge on any atom is 0.334 e. The SMILES string of the molecule is C=C1C(=O)OC2C=C(C)C3CCC(C)(OC4OC(COC(C)=O)C(O)C(O)C4O)C3CC12. The van der Waals surface area contributed by atoms with E-state index in [1.165, 1.54) is 6.92 Å². The summed E-state index contributed by atoms with van der Waals surface area (Å²) in [6.45, 7) is 8.86. The molecule has 2 heterocycles. The van der Waals surface area contributed by atoms with E-state index in [-0.39, 0.29) is 36.4 Å². The molecule has 2 saturated heterocycles.